The molecule has 0 spiro atoms. The Labute approximate surface area is 110 Å². The van der Waals surface area contributed by atoms with Gasteiger partial charge in [0.2, 0.25) is 0 Å². The fraction of sp³-hybridized carbons (Fsp3) is 0.462. The molecular formula is C13H16FNO2S. The van der Waals surface area contributed by atoms with Crippen LogP contribution >= 0.6 is 11.8 Å². The molecule has 0 aliphatic heterocycles. The van der Waals surface area contributed by atoms with Gasteiger partial charge < -0.3 is 10.4 Å². The van der Waals surface area contributed by atoms with E-state index in [4.69, 9.17) is 5.11 Å². The molecule has 2 unspecified atom stereocenters. The van der Waals surface area contributed by atoms with Crippen LogP contribution < -0.4 is 5.32 Å². The Morgan fingerprint density at radius 1 is 1.50 bits per heavy atom. The number of nitrogens with one attached hydrogen (secondary N) is 1. The van der Waals surface area contributed by atoms with Crippen LogP contribution in [0.25, 0.3) is 0 Å². The van der Waals surface area contributed by atoms with Crippen LogP contribution in [-0.2, 0) is 0 Å². The lowest BCUT2D eigenvalue weighted by Crippen LogP contribution is -2.33. The maximum absolute atomic E-state index is 13.5. The number of hydrogen-bond donors (Lipinski definition) is 2. The molecule has 2 rings (SSSR count). The van der Waals surface area contributed by atoms with Gasteiger partial charge in [-0.25, -0.2) is 4.39 Å². The highest BCUT2D eigenvalue weighted by molar-refractivity contribution is 7.99. The Morgan fingerprint density at radius 3 is 2.89 bits per heavy atom. The quantitative estimate of drug-likeness (QED) is 0.886. The highest BCUT2D eigenvalue weighted by atomic mass is 32.2. The Morgan fingerprint density at radius 2 is 2.28 bits per heavy atom. The van der Waals surface area contributed by atoms with Crippen molar-refractivity contribution >= 4 is 17.7 Å². The average Bonchev–Trinajstić information content (AvgIpc) is 2.76. The fourth-order valence-electron chi connectivity index (χ4n) is 2.24. The van der Waals surface area contributed by atoms with Crippen molar-refractivity contribution in [3.8, 4) is 5.75 Å². The number of phenolic OH excluding ortho intramolecular Hbond substituents is 1. The van der Waals surface area contributed by atoms with Gasteiger partial charge in [-0.1, -0.05) is 0 Å². The summed E-state index contributed by atoms with van der Waals surface area (Å²) in [5, 5.41) is 12.5. The molecule has 1 amide bonds. The summed E-state index contributed by atoms with van der Waals surface area (Å²) in [5.74, 6) is -1.27. The summed E-state index contributed by atoms with van der Waals surface area (Å²) in [7, 11) is 0. The minimum Gasteiger partial charge on any atom is -0.508 e. The van der Waals surface area contributed by atoms with Gasteiger partial charge in [0.05, 0.1) is 5.56 Å². The van der Waals surface area contributed by atoms with Crippen LogP contribution in [-0.4, -0.2) is 28.6 Å². The normalized spacial score (nSPS) is 23.0. The number of halogens is 1. The van der Waals surface area contributed by atoms with Gasteiger partial charge >= 0.3 is 0 Å². The number of hydrogen-bond acceptors (Lipinski definition) is 3. The zero-order valence-corrected chi connectivity index (χ0v) is 11.0. The molecule has 1 fully saturated rings. The van der Waals surface area contributed by atoms with Crippen LogP contribution in [0.1, 0.15) is 29.6 Å². The molecule has 5 heteroatoms. The average molecular weight is 269 g/mol. The van der Waals surface area contributed by atoms with Crippen LogP contribution in [0.4, 0.5) is 4.39 Å². The van der Waals surface area contributed by atoms with Crippen molar-refractivity contribution < 1.29 is 14.3 Å². The third-order valence-electron chi connectivity index (χ3n) is 3.25. The predicted molar refractivity (Wildman–Crippen MR) is 70.5 cm³/mol. The summed E-state index contributed by atoms with van der Waals surface area (Å²) in [5.41, 5.74) is -0.0135. The molecule has 1 aromatic carbocycles. The van der Waals surface area contributed by atoms with E-state index in [0.717, 1.165) is 25.3 Å². The minimum absolute atomic E-state index is 0.0135. The topological polar surface area (TPSA) is 49.3 Å². The lowest BCUT2D eigenvalue weighted by atomic mass is 10.1. The van der Waals surface area contributed by atoms with Crippen molar-refractivity contribution in [1.29, 1.82) is 0 Å². The van der Waals surface area contributed by atoms with Gasteiger partial charge in [0, 0.05) is 17.4 Å². The predicted octanol–water partition coefficient (Wildman–Crippen LogP) is 2.55. The first-order valence-corrected chi connectivity index (χ1v) is 7.21. The Hall–Kier alpha value is -1.23. The van der Waals surface area contributed by atoms with Gasteiger partial charge in [-0.15, -0.1) is 0 Å². The summed E-state index contributed by atoms with van der Waals surface area (Å²) in [6.45, 7) is 0. The zero-order valence-electron chi connectivity index (χ0n) is 10.1. The molecule has 0 saturated heterocycles. The molecule has 3 nitrogen and oxygen atoms in total. The molecule has 18 heavy (non-hydrogen) atoms. The maximum Gasteiger partial charge on any atom is 0.254 e. The van der Waals surface area contributed by atoms with E-state index in [0.29, 0.717) is 5.25 Å². The molecule has 0 bridgehead atoms. The van der Waals surface area contributed by atoms with Crippen LogP contribution in [0.15, 0.2) is 18.2 Å². The summed E-state index contributed by atoms with van der Waals surface area (Å²) < 4.78 is 13.5. The molecule has 2 atom stereocenters. The third-order valence-corrected chi connectivity index (χ3v) is 4.35. The Bertz CT molecular complexity index is 453. The van der Waals surface area contributed by atoms with Crippen LogP contribution in [0.5, 0.6) is 5.75 Å². The molecule has 1 aliphatic rings. The van der Waals surface area contributed by atoms with E-state index < -0.39 is 11.7 Å². The van der Waals surface area contributed by atoms with Crippen molar-refractivity contribution in [3.63, 3.8) is 0 Å². The van der Waals surface area contributed by atoms with E-state index in [1.807, 2.05) is 0 Å². The molecule has 2 N–H and O–H groups in total. The molecule has 1 saturated carbocycles. The van der Waals surface area contributed by atoms with Crippen molar-refractivity contribution in [3.05, 3.63) is 29.6 Å². The summed E-state index contributed by atoms with van der Waals surface area (Å²) in [6.07, 6.45) is 5.03. The van der Waals surface area contributed by atoms with Gasteiger partial charge in [0.15, 0.2) is 0 Å². The SMILES string of the molecule is CSC1CCC(NC(=O)c2ccc(O)cc2F)C1. The summed E-state index contributed by atoms with van der Waals surface area (Å²) in [4.78, 5) is 11.9. The first-order chi connectivity index (χ1) is 8.60. The number of amides is 1. The number of carbonyl (C=O) groups is 1. The fourth-order valence-corrected chi connectivity index (χ4v) is 3.03. The second-order valence-corrected chi connectivity index (χ2v) is 5.64. The van der Waals surface area contributed by atoms with E-state index in [2.05, 4.69) is 11.6 Å². The van der Waals surface area contributed by atoms with E-state index in [1.54, 1.807) is 11.8 Å². The molecule has 0 aromatic heterocycles. The van der Waals surface area contributed by atoms with E-state index in [1.165, 1.54) is 12.1 Å². The zero-order chi connectivity index (χ0) is 13.1. The van der Waals surface area contributed by atoms with Gasteiger partial charge in [-0.05, 0) is 37.7 Å². The number of thioether (sulfide) groups is 1. The van der Waals surface area contributed by atoms with E-state index in [-0.39, 0.29) is 17.4 Å². The third kappa shape index (κ3) is 2.96. The van der Waals surface area contributed by atoms with Crippen molar-refractivity contribution in [2.75, 3.05) is 6.26 Å². The van der Waals surface area contributed by atoms with Crippen molar-refractivity contribution in [2.45, 2.75) is 30.6 Å². The Balaban J connectivity index is 2.00. The van der Waals surface area contributed by atoms with Crippen LogP contribution in [0, 0.1) is 5.82 Å². The molecule has 0 heterocycles. The highest BCUT2D eigenvalue weighted by Gasteiger charge is 2.26. The van der Waals surface area contributed by atoms with Crippen LogP contribution in [0.3, 0.4) is 0 Å². The van der Waals surface area contributed by atoms with Crippen molar-refractivity contribution in [1.82, 2.24) is 5.32 Å². The standard InChI is InChI=1S/C13H16FNO2S/c1-18-10-4-2-8(6-10)15-13(17)11-5-3-9(16)7-12(11)14/h3,5,7-8,10,16H,2,4,6H2,1H3,(H,15,17). The number of benzene rings is 1. The molecule has 1 aromatic rings. The van der Waals surface area contributed by atoms with Crippen molar-refractivity contribution in [2.24, 2.45) is 0 Å². The number of phenols is 1. The molecule has 1 aliphatic carbocycles. The van der Waals surface area contributed by atoms with Crippen LogP contribution in [0.2, 0.25) is 0 Å². The minimum atomic E-state index is -0.688. The number of carbonyl (C=O) groups excluding carboxylic acids is 1. The monoisotopic (exact) mass is 269 g/mol. The van der Waals surface area contributed by atoms with Gasteiger partial charge in [0.25, 0.3) is 5.91 Å². The van der Waals surface area contributed by atoms with Gasteiger partial charge in [-0.2, -0.15) is 11.8 Å². The summed E-state index contributed by atoms with van der Waals surface area (Å²) in [6, 6.07) is 3.70. The largest absolute Gasteiger partial charge is 0.508 e. The number of rotatable bonds is 3. The summed E-state index contributed by atoms with van der Waals surface area (Å²) >= 11 is 1.81. The first-order valence-electron chi connectivity index (χ1n) is 5.92. The lowest BCUT2D eigenvalue weighted by molar-refractivity contribution is 0.0934. The van der Waals surface area contributed by atoms with E-state index >= 15 is 0 Å². The smallest absolute Gasteiger partial charge is 0.254 e. The highest BCUT2D eigenvalue weighted by Crippen LogP contribution is 2.28. The number of aromatic hydroxyl groups is 1. The van der Waals surface area contributed by atoms with Gasteiger partial charge in [0.1, 0.15) is 11.6 Å². The van der Waals surface area contributed by atoms with Gasteiger partial charge in [-0.3, -0.25) is 4.79 Å². The first kappa shape index (κ1) is 13.2. The molecular weight excluding hydrogens is 253 g/mol. The van der Waals surface area contributed by atoms with E-state index in [9.17, 15) is 9.18 Å². The molecule has 98 valence electrons. The second-order valence-electron chi connectivity index (χ2n) is 4.51. The Kier molecular flexibility index (Phi) is 4.11. The lowest BCUT2D eigenvalue weighted by Gasteiger charge is -2.13. The second kappa shape index (κ2) is 5.61. The maximum atomic E-state index is 13.5. The molecule has 0 radical (unpaired) electrons.